The van der Waals surface area contributed by atoms with Crippen molar-refractivity contribution in [2.24, 2.45) is 0 Å². The predicted molar refractivity (Wildman–Crippen MR) is 273 cm³/mol. The Balaban J connectivity index is 1.29. The highest BCUT2D eigenvalue weighted by Gasteiger charge is 2.49. The van der Waals surface area contributed by atoms with E-state index in [9.17, 15) is 9.59 Å². The van der Waals surface area contributed by atoms with Crippen LogP contribution < -0.4 is 0 Å². The molecule has 1 saturated heterocycles. The molecule has 4 aromatic carbocycles. The van der Waals surface area contributed by atoms with Crippen LogP contribution in [0.1, 0.15) is 153 Å². The minimum atomic E-state index is -0.673. The van der Waals surface area contributed by atoms with E-state index in [-0.39, 0.29) is 24.9 Å². The molecule has 5 atom stereocenters. The average molecular weight is 936 g/mol. The van der Waals surface area contributed by atoms with Crippen molar-refractivity contribution in [3.8, 4) is 0 Å². The molecule has 1 aliphatic heterocycles. The topological polar surface area (TPSA) is 83.5 Å². The summed E-state index contributed by atoms with van der Waals surface area (Å²) in [7, 11) is 0. The second-order valence-electron chi connectivity index (χ2n) is 18.1. The number of esters is 1. The number of carbonyl (C=O) groups is 2. The van der Waals surface area contributed by atoms with Crippen LogP contribution in [-0.4, -0.2) is 66.3 Å². The lowest BCUT2D eigenvalue weighted by Gasteiger charge is -2.45. The molecule has 0 unspecified atom stereocenters. The maximum absolute atomic E-state index is 13.8. The van der Waals surface area contributed by atoms with Gasteiger partial charge in [-0.25, -0.2) is 0 Å². The van der Waals surface area contributed by atoms with Crippen molar-refractivity contribution in [1.29, 1.82) is 0 Å². The number of amides is 1. The smallest absolute Gasteiger partial charge is 0.307 e. The van der Waals surface area contributed by atoms with Gasteiger partial charge in [-0.2, -0.15) is 0 Å². The summed E-state index contributed by atoms with van der Waals surface area (Å²) in [6, 6.07) is 40.4. The van der Waals surface area contributed by atoms with Gasteiger partial charge in [0.25, 0.3) is 0 Å². The second kappa shape index (κ2) is 33.5. The number of unbranched alkanes of at least 4 members (excludes halogenated alkanes) is 15. The summed E-state index contributed by atoms with van der Waals surface area (Å²) < 4.78 is 33.7. The number of benzene rings is 4. The maximum atomic E-state index is 13.8. The first-order valence-corrected chi connectivity index (χ1v) is 26.7. The van der Waals surface area contributed by atoms with Crippen molar-refractivity contribution in [1.82, 2.24) is 4.90 Å². The largest absolute Gasteiger partial charge is 0.463 e. The lowest BCUT2D eigenvalue weighted by Crippen LogP contribution is -2.60. The number of thioether (sulfide) groups is 1. The molecule has 0 bridgehead atoms. The van der Waals surface area contributed by atoms with Gasteiger partial charge in [0.2, 0.25) is 5.91 Å². The Morgan fingerprint density at radius 2 is 0.925 bits per heavy atom. The highest BCUT2D eigenvalue weighted by Crippen LogP contribution is 2.38. The van der Waals surface area contributed by atoms with E-state index in [1.54, 1.807) is 11.8 Å². The van der Waals surface area contributed by atoms with E-state index < -0.39 is 29.9 Å². The maximum Gasteiger partial charge on any atom is 0.307 e. The molecule has 1 aliphatic rings. The third-order valence-electron chi connectivity index (χ3n) is 12.6. The normalized spacial score (nSPS) is 18.1. The standard InChI is InChI=1S/C58H81NO7S/c1-3-5-7-9-11-13-15-17-31-42-59(53(60)40-30-16-14-12-10-8-6-4-2)43-41-54(61)62-47-52-55(63-44-48-32-22-18-23-33-48)56(64-45-49-34-24-19-25-35-49)57(65-46-50-36-26-20-27-37-50)58(66-52)67-51-38-28-21-29-39-51/h18-29,32-39,52,55-58H,3-17,30-31,40-47H2,1-2H3/t52-,55-,56+,57-,58+/m1/s1. The molecule has 0 aromatic heterocycles. The van der Waals surface area contributed by atoms with Crippen molar-refractivity contribution in [2.75, 3.05) is 19.7 Å². The van der Waals surface area contributed by atoms with E-state index in [1.807, 2.05) is 102 Å². The van der Waals surface area contributed by atoms with Crippen molar-refractivity contribution in [3.05, 3.63) is 138 Å². The zero-order valence-corrected chi connectivity index (χ0v) is 41.6. The molecule has 0 spiro atoms. The lowest BCUT2D eigenvalue weighted by atomic mass is 9.98. The Labute approximate surface area is 408 Å². The molecular formula is C58H81NO7S. The number of carbonyl (C=O) groups excluding carboxylic acids is 2. The zero-order chi connectivity index (χ0) is 47.0. The van der Waals surface area contributed by atoms with Crippen LogP contribution in [-0.2, 0) is 53.1 Å². The third-order valence-corrected chi connectivity index (χ3v) is 13.7. The molecule has 0 aliphatic carbocycles. The van der Waals surface area contributed by atoms with Crippen molar-refractivity contribution < 1.29 is 33.3 Å². The van der Waals surface area contributed by atoms with Gasteiger partial charge in [-0.1, -0.05) is 231 Å². The van der Waals surface area contributed by atoms with E-state index in [0.29, 0.717) is 39.3 Å². The Morgan fingerprint density at radius 1 is 0.493 bits per heavy atom. The highest BCUT2D eigenvalue weighted by atomic mass is 32.2. The van der Waals surface area contributed by atoms with Crippen LogP contribution in [0.15, 0.2) is 126 Å². The number of rotatable bonds is 35. The summed E-state index contributed by atoms with van der Waals surface area (Å²) in [6.07, 6.45) is 18.6. The van der Waals surface area contributed by atoms with Crippen molar-refractivity contribution in [2.45, 2.75) is 190 Å². The summed E-state index contributed by atoms with van der Waals surface area (Å²) >= 11 is 1.57. The minimum absolute atomic E-state index is 0.0365. The zero-order valence-electron chi connectivity index (χ0n) is 40.8. The van der Waals surface area contributed by atoms with Gasteiger partial charge < -0.3 is 28.6 Å². The van der Waals surface area contributed by atoms with Crippen LogP contribution in [0.5, 0.6) is 0 Å². The quantitative estimate of drug-likeness (QED) is 0.0333. The fourth-order valence-electron chi connectivity index (χ4n) is 8.62. The summed E-state index contributed by atoms with van der Waals surface area (Å²) in [6.45, 7) is 6.47. The van der Waals surface area contributed by atoms with Crippen LogP contribution >= 0.6 is 11.8 Å². The molecule has 1 amide bonds. The molecule has 4 aromatic rings. The van der Waals surface area contributed by atoms with E-state index in [4.69, 9.17) is 23.7 Å². The number of ether oxygens (including phenoxy) is 5. The highest BCUT2D eigenvalue weighted by molar-refractivity contribution is 7.99. The van der Waals surface area contributed by atoms with Crippen LogP contribution in [0.2, 0.25) is 0 Å². The Kier molecular flexibility index (Phi) is 27.0. The number of hydrogen-bond acceptors (Lipinski definition) is 8. The molecule has 0 N–H and O–H groups in total. The molecule has 8 nitrogen and oxygen atoms in total. The monoisotopic (exact) mass is 936 g/mol. The molecule has 0 saturated carbocycles. The van der Waals surface area contributed by atoms with Crippen LogP contribution in [0.3, 0.4) is 0 Å². The van der Waals surface area contributed by atoms with E-state index >= 15 is 0 Å². The lowest BCUT2D eigenvalue weighted by molar-refractivity contribution is -0.253. The molecule has 1 heterocycles. The Hall–Kier alpha value is -3.99. The number of hydrogen-bond donors (Lipinski definition) is 0. The number of nitrogens with zero attached hydrogens (tertiary/aromatic N) is 1. The summed E-state index contributed by atoms with van der Waals surface area (Å²) in [5, 5.41) is 0. The first kappa shape index (κ1) is 54.0. The fraction of sp³-hybridized carbons (Fsp3) is 0.552. The van der Waals surface area contributed by atoms with Gasteiger partial charge >= 0.3 is 5.97 Å². The fourth-order valence-corrected chi connectivity index (χ4v) is 9.77. The van der Waals surface area contributed by atoms with Gasteiger partial charge in [0, 0.05) is 24.4 Å². The van der Waals surface area contributed by atoms with Gasteiger partial charge in [0.05, 0.1) is 26.2 Å². The van der Waals surface area contributed by atoms with E-state index in [1.165, 1.54) is 83.5 Å². The summed E-state index contributed by atoms with van der Waals surface area (Å²) in [4.78, 5) is 30.4. The van der Waals surface area contributed by atoms with Crippen LogP contribution in [0, 0.1) is 0 Å². The first-order chi connectivity index (χ1) is 33.0. The Bertz CT molecular complexity index is 1850. The third kappa shape index (κ3) is 21.5. The van der Waals surface area contributed by atoms with Crippen LogP contribution in [0.4, 0.5) is 0 Å². The first-order valence-electron chi connectivity index (χ1n) is 25.8. The van der Waals surface area contributed by atoms with Crippen molar-refractivity contribution >= 4 is 23.6 Å². The molecule has 5 rings (SSSR count). The Morgan fingerprint density at radius 3 is 1.43 bits per heavy atom. The minimum Gasteiger partial charge on any atom is -0.463 e. The van der Waals surface area contributed by atoms with Crippen molar-refractivity contribution in [3.63, 3.8) is 0 Å². The molecule has 1 fully saturated rings. The predicted octanol–water partition coefficient (Wildman–Crippen LogP) is 14.1. The summed E-state index contributed by atoms with van der Waals surface area (Å²) in [5.41, 5.74) is 2.55. The molecule has 366 valence electrons. The molecular weight excluding hydrogens is 855 g/mol. The van der Waals surface area contributed by atoms with Crippen LogP contribution in [0.25, 0.3) is 0 Å². The molecule has 9 heteroatoms. The summed E-state index contributed by atoms with van der Waals surface area (Å²) in [5.74, 6) is -0.220. The van der Waals surface area contributed by atoms with E-state index in [0.717, 1.165) is 47.3 Å². The average Bonchev–Trinajstić information content (AvgIpc) is 3.36. The molecule has 0 radical (unpaired) electrons. The van der Waals surface area contributed by atoms with E-state index in [2.05, 4.69) is 38.1 Å². The SMILES string of the molecule is CCCCCCCCCCCN(CCC(=O)OC[C@H]1O[C@@H](Sc2ccccc2)[C@H](OCc2ccccc2)[C@@H](OCc2ccccc2)[C@@H]1OCc1ccccc1)C(=O)CCCCCCCCCC. The van der Waals surface area contributed by atoms with Gasteiger partial charge in [-0.3, -0.25) is 9.59 Å². The van der Waals surface area contributed by atoms with Gasteiger partial charge in [0.1, 0.15) is 36.5 Å². The van der Waals surface area contributed by atoms with Gasteiger partial charge in [0.15, 0.2) is 0 Å². The second-order valence-corrected chi connectivity index (χ2v) is 19.3. The van der Waals surface area contributed by atoms with Gasteiger partial charge in [-0.15, -0.1) is 0 Å². The van der Waals surface area contributed by atoms with Gasteiger partial charge in [-0.05, 0) is 41.7 Å². The molecule has 67 heavy (non-hydrogen) atoms.